The fraction of sp³-hybridized carbons (Fsp3) is 0.0476. The van der Waals surface area contributed by atoms with Gasteiger partial charge in [0.15, 0.2) is 0 Å². The summed E-state index contributed by atoms with van der Waals surface area (Å²) in [5.74, 6) is 0. The number of rotatable bonds is 7. The molecule has 0 saturated carbocycles. The van der Waals surface area contributed by atoms with E-state index in [0.29, 0.717) is 0 Å². The van der Waals surface area contributed by atoms with Gasteiger partial charge in [-0.15, -0.1) is 11.3 Å². The second kappa shape index (κ2) is 14.6. The quantitative estimate of drug-likeness (QED) is 0.154. The molecule has 2 aliphatic carbocycles. The van der Waals surface area contributed by atoms with Crippen molar-refractivity contribution in [3.05, 3.63) is 282 Å². The third-order valence-corrected chi connectivity index (χ3v) is 15.7. The highest BCUT2D eigenvalue weighted by Crippen LogP contribution is 2.58. The molecule has 0 radical (unpaired) electrons. The Kier molecular flexibility index (Phi) is 8.50. The molecule has 1 atom stereocenters. The van der Waals surface area contributed by atoms with E-state index >= 15 is 0 Å². The van der Waals surface area contributed by atoms with Crippen LogP contribution in [0.25, 0.3) is 53.6 Å². The molecule has 13 rings (SSSR count). The molecule has 306 valence electrons. The first-order chi connectivity index (χ1) is 32.1. The number of fused-ring (bicyclic) bond motifs is 9. The van der Waals surface area contributed by atoms with Crippen LogP contribution in [0, 0.1) is 0 Å². The van der Waals surface area contributed by atoms with Crippen LogP contribution in [0.1, 0.15) is 45.9 Å². The molecule has 2 heteroatoms. The van der Waals surface area contributed by atoms with Gasteiger partial charge in [0.1, 0.15) is 0 Å². The predicted molar refractivity (Wildman–Crippen MR) is 274 cm³/mol. The summed E-state index contributed by atoms with van der Waals surface area (Å²) in [5.41, 5.74) is 19.3. The summed E-state index contributed by atoms with van der Waals surface area (Å²) in [6.45, 7) is 2.39. The zero-order valence-electron chi connectivity index (χ0n) is 35.9. The van der Waals surface area contributed by atoms with Gasteiger partial charge in [-0.3, -0.25) is 0 Å². The molecule has 0 aliphatic heterocycles. The Balaban J connectivity index is 1.02. The molecule has 1 heterocycles. The van der Waals surface area contributed by atoms with E-state index in [9.17, 15) is 0 Å². The van der Waals surface area contributed by atoms with Crippen molar-refractivity contribution in [2.45, 2.75) is 17.8 Å². The van der Waals surface area contributed by atoms with Crippen LogP contribution in [-0.4, -0.2) is 0 Å². The Labute approximate surface area is 384 Å². The number of anilines is 3. The molecule has 0 spiro atoms. The SMILES string of the molecule is CC1(c2ccccc2)c2ccccc2-c2cc(N(c3ccc(-c4cccc5c4sc4ccccc45)cc3)c3ccc4c(c3)-c3ccccc3C4(c3ccccc3)c3ccccc3)ccc21. The third-order valence-electron chi connectivity index (χ3n) is 14.4. The van der Waals surface area contributed by atoms with Gasteiger partial charge in [0.05, 0.1) is 5.41 Å². The van der Waals surface area contributed by atoms with E-state index in [2.05, 4.69) is 254 Å². The van der Waals surface area contributed by atoms with Gasteiger partial charge >= 0.3 is 0 Å². The fourth-order valence-corrected chi connectivity index (χ4v) is 12.7. The number of hydrogen-bond acceptors (Lipinski definition) is 2. The zero-order valence-corrected chi connectivity index (χ0v) is 36.8. The Hall–Kier alpha value is -7.78. The minimum Gasteiger partial charge on any atom is -0.310 e. The summed E-state index contributed by atoms with van der Waals surface area (Å²) < 4.78 is 2.65. The minimum absolute atomic E-state index is 0.276. The average molecular weight is 846 g/mol. The van der Waals surface area contributed by atoms with Crippen molar-refractivity contribution in [2.75, 3.05) is 4.90 Å². The van der Waals surface area contributed by atoms with Crippen molar-refractivity contribution in [1.82, 2.24) is 0 Å². The molecule has 0 amide bonds. The molecular formula is C63H43NS. The average Bonchev–Trinajstić information content (AvgIpc) is 4.00. The molecule has 2 aliphatic rings. The van der Waals surface area contributed by atoms with Gasteiger partial charge in [0, 0.05) is 42.6 Å². The summed E-state index contributed by atoms with van der Waals surface area (Å²) >= 11 is 1.88. The largest absolute Gasteiger partial charge is 0.310 e. The van der Waals surface area contributed by atoms with E-state index < -0.39 is 5.41 Å². The van der Waals surface area contributed by atoms with Crippen molar-refractivity contribution >= 4 is 48.6 Å². The lowest BCUT2D eigenvalue weighted by Gasteiger charge is -2.34. The van der Waals surface area contributed by atoms with E-state index in [-0.39, 0.29) is 5.41 Å². The normalized spacial score (nSPS) is 15.3. The van der Waals surface area contributed by atoms with E-state index in [0.717, 1.165) is 17.1 Å². The molecule has 1 aromatic heterocycles. The van der Waals surface area contributed by atoms with Gasteiger partial charge < -0.3 is 4.90 Å². The van der Waals surface area contributed by atoms with Crippen LogP contribution >= 0.6 is 11.3 Å². The monoisotopic (exact) mass is 845 g/mol. The number of benzene rings is 10. The van der Waals surface area contributed by atoms with Crippen LogP contribution in [-0.2, 0) is 10.8 Å². The fourth-order valence-electron chi connectivity index (χ4n) is 11.5. The topological polar surface area (TPSA) is 3.24 Å². The van der Waals surface area contributed by atoms with E-state index in [1.165, 1.54) is 92.5 Å². The summed E-state index contributed by atoms with van der Waals surface area (Å²) in [7, 11) is 0. The van der Waals surface area contributed by atoms with E-state index in [1.54, 1.807) is 0 Å². The number of hydrogen-bond donors (Lipinski definition) is 0. The van der Waals surface area contributed by atoms with Crippen LogP contribution in [0.5, 0.6) is 0 Å². The molecule has 1 nitrogen and oxygen atoms in total. The van der Waals surface area contributed by atoms with Crippen LogP contribution in [0.15, 0.2) is 243 Å². The maximum absolute atomic E-state index is 2.47. The lowest BCUT2D eigenvalue weighted by molar-refractivity contribution is 0.714. The van der Waals surface area contributed by atoms with Crippen molar-refractivity contribution < 1.29 is 0 Å². The Bertz CT molecular complexity index is 3570. The summed E-state index contributed by atoms with van der Waals surface area (Å²) in [4.78, 5) is 2.47. The molecule has 0 N–H and O–H groups in total. The lowest BCUT2D eigenvalue weighted by atomic mass is 9.68. The Morgan fingerprint density at radius 1 is 0.338 bits per heavy atom. The second-order valence-corrected chi connectivity index (χ2v) is 18.7. The third kappa shape index (κ3) is 5.51. The first kappa shape index (κ1) is 37.7. The number of thiophene rings is 1. The molecular weight excluding hydrogens is 803 g/mol. The second-order valence-electron chi connectivity index (χ2n) is 17.7. The van der Waals surface area contributed by atoms with Gasteiger partial charge in [0.2, 0.25) is 0 Å². The molecule has 11 aromatic rings. The summed E-state index contributed by atoms with van der Waals surface area (Å²) in [5, 5.41) is 2.63. The van der Waals surface area contributed by atoms with Crippen LogP contribution < -0.4 is 4.90 Å². The van der Waals surface area contributed by atoms with Crippen LogP contribution in [0.4, 0.5) is 17.1 Å². The van der Waals surface area contributed by atoms with Crippen molar-refractivity contribution in [3.8, 4) is 33.4 Å². The molecule has 10 aromatic carbocycles. The van der Waals surface area contributed by atoms with Gasteiger partial charge in [-0.05, 0) is 122 Å². The molecule has 65 heavy (non-hydrogen) atoms. The van der Waals surface area contributed by atoms with Crippen LogP contribution in [0.3, 0.4) is 0 Å². The molecule has 0 fully saturated rings. The van der Waals surface area contributed by atoms with Gasteiger partial charge in [-0.25, -0.2) is 0 Å². The highest BCUT2D eigenvalue weighted by atomic mass is 32.1. The molecule has 0 bridgehead atoms. The first-order valence-corrected chi connectivity index (χ1v) is 23.4. The van der Waals surface area contributed by atoms with Crippen LogP contribution in [0.2, 0.25) is 0 Å². The number of nitrogens with zero attached hydrogens (tertiary/aromatic N) is 1. The van der Waals surface area contributed by atoms with E-state index in [1.807, 2.05) is 11.3 Å². The lowest BCUT2D eigenvalue weighted by Crippen LogP contribution is -2.28. The highest BCUT2D eigenvalue weighted by molar-refractivity contribution is 7.26. The Morgan fingerprint density at radius 3 is 1.48 bits per heavy atom. The highest BCUT2D eigenvalue weighted by Gasteiger charge is 2.46. The molecule has 0 saturated heterocycles. The maximum atomic E-state index is 2.47. The summed E-state index contributed by atoms with van der Waals surface area (Å²) in [6, 6.07) is 90.3. The molecule has 1 unspecified atom stereocenters. The van der Waals surface area contributed by atoms with Crippen molar-refractivity contribution in [1.29, 1.82) is 0 Å². The standard InChI is InChI=1S/C63H43NS/c1-62(43-18-5-2-6-19-43)56-29-14-11-24-50(56)54-40-47(36-38-57(54)62)64(46-34-32-42(33-35-46)49-27-17-28-53-52-26-13-16-31-60(52)65-61(49)53)48-37-39-59-55(41-48)51-25-12-15-30-58(51)63(59,44-20-7-3-8-21-44)45-22-9-4-10-23-45/h2-41H,1H3. The van der Waals surface area contributed by atoms with E-state index in [4.69, 9.17) is 0 Å². The zero-order chi connectivity index (χ0) is 43.1. The van der Waals surface area contributed by atoms with Gasteiger partial charge in [0.25, 0.3) is 0 Å². The van der Waals surface area contributed by atoms with Gasteiger partial charge in [-0.1, -0.05) is 200 Å². The first-order valence-electron chi connectivity index (χ1n) is 22.6. The smallest absolute Gasteiger partial charge is 0.0713 e. The van der Waals surface area contributed by atoms with Gasteiger partial charge in [-0.2, -0.15) is 0 Å². The van der Waals surface area contributed by atoms with Crippen molar-refractivity contribution in [3.63, 3.8) is 0 Å². The maximum Gasteiger partial charge on any atom is 0.0713 e. The predicted octanol–water partition coefficient (Wildman–Crippen LogP) is 16.9. The minimum atomic E-state index is -0.466. The Morgan fingerprint density at radius 2 is 0.800 bits per heavy atom. The van der Waals surface area contributed by atoms with Crippen molar-refractivity contribution in [2.24, 2.45) is 0 Å². The summed E-state index contributed by atoms with van der Waals surface area (Å²) in [6.07, 6.45) is 0.